The van der Waals surface area contributed by atoms with Gasteiger partial charge in [0.05, 0.1) is 0 Å². The Hall–Kier alpha value is -0.980. The molecule has 1 aromatic rings. The van der Waals surface area contributed by atoms with E-state index in [2.05, 4.69) is 19.1 Å². The van der Waals surface area contributed by atoms with Crippen molar-refractivity contribution in [3.8, 4) is 5.75 Å². The third kappa shape index (κ3) is 3.62. The number of hydrogen-bond acceptors (Lipinski definition) is 1. The van der Waals surface area contributed by atoms with Gasteiger partial charge in [0, 0.05) is 0 Å². The molecule has 1 nitrogen and oxygen atoms in total. The Balaban J connectivity index is 1.50. The molecule has 2 aliphatic rings. The van der Waals surface area contributed by atoms with Gasteiger partial charge in [-0.05, 0) is 79.9 Å². The van der Waals surface area contributed by atoms with E-state index in [4.69, 9.17) is 0 Å². The minimum atomic E-state index is 0.389. The van der Waals surface area contributed by atoms with Crippen LogP contribution < -0.4 is 0 Å². The highest BCUT2D eigenvalue weighted by molar-refractivity contribution is 5.28. The van der Waals surface area contributed by atoms with Gasteiger partial charge >= 0.3 is 0 Å². The van der Waals surface area contributed by atoms with Crippen LogP contribution in [0, 0.1) is 17.8 Å². The lowest BCUT2D eigenvalue weighted by atomic mass is 9.68. The summed E-state index contributed by atoms with van der Waals surface area (Å²) >= 11 is 0. The Kier molecular flexibility index (Phi) is 4.87. The van der Waals surface area contributed by atoms with Crippen LogP contribution in [0.1, 0.15) is 76.2 Å². The van der Waals surface area contributed by atoms with Crippen LogP contribution >= 0.6 is 0 Å². The van der Waals surface area contributed by atoms with Crippen LogP contribution in [0.25, 0.3) is 0 Å². The van der Waals surface area contributed by atoms with Gasteiger partial charge in [-0.3, -0.25) is 0 Å². The van der Waals surface area contributed by atoms with E-state index in [9.17, 15) is 5.11 Å². The Morgan fingerprint density at radius 2 is 1.33 bits per heavy atom. The zero-order chi connectivity index (χ0) is 14.7. The van der Waals surface area contributed by atoms with Gasteiger partial charge in [0.1, 0.15) is 5.75 Å². The van der Waals surface area contributed by atoms with Gasteiger partial charge in [-0.1, -0.05) is 38.3 Å². The zero-order valence-electron chi connectivity index (χ0n) is 13.4. The standard InChI is InChI=1S/C20H30O/c1-2-15-3-5-16(6-4-15)17-7-9-18(10-8-17)19-11-13-20(21)14-12-19/h11-18,21H,2-10H2,1H3/t15-,16-,17-,18-. The van der Waals surface area contributed by atoms with E-state index >= 15 is 0 Å². The molecular formula is C20H30O. The quantitative estimate of drug-likeness (QED) is 0.735. The molecule has 0 atom stereocenters. The number of benzene rings is 1. The second-order valence-corrected chi connectivity index (χ2v) is 7.39. The summed E-state index contributed by atoms with van der Waals surface area (Å²) in [5.74, 6) is 4.16. The molecule has 0 aliphatic heterocycles. The molecule has 0 heterocycles. The third-order valence-electron chi connectivity index (χ3n) is 6.27. The van der Waals surface area contributed by atoms with E-state index < -0.39 is 0 Å². The fourth-order valence-electron chi connectivity index (χ4n) is 4.74. The molecule has 2 saturated carbocycles. The SMILES string of the molecule is CC[C@H]1CC[C@H]([C@H]2CC[C@H](c3ccc(O)cc3)CC2)CC1. The molecule has 1 heteroatoms. The zero-order valence-corrected chi connectivity index (χ0v) is 13.4. The lowest BCUT2D eigenvalue weighted by molar-refractivity contribution is 0.158. The molecule has 2 aliphatic carbocycles. The highest BCUT2D eigenvalue weighted by Crippen LogP contribution is 2.44. The molecule has 1 N–H and O–H groups in total. The Morgan fingerprint density at radius 1 is 0.810 bits per heavy atom. The maximum atomic E-state index is 9.41. The summed E-state index contributed by atoms with van der Waals surface area (Å²) in [5.41, 5.74) is 1.43. The van der Waals surface area contributed by atoms with Crippen molar-refractivity contribution >= 4 is 0 Å². The molecule has 0 aromatic heterocycles. The van der Waals surface area contributed by atoms with Crippen LogP contribution in [0.15, 0.2) is 24.3 Å². The molecule has 21 heavy (non-hydrogen) atoms. The van der Waals surface area contributed by atoms with Gasteiger partial charge in [-0.15, -0.1) is 0 Å². The van der Waals surface area contributed by atoms with Gasteiger partial charge in [0.25, 0.3) is 0 Å². The predicted molar refractivity (Wildman–Crippen MR) is 88.5 cm³/mol. The van der Waals surface area contributed by atoms with E-state index in [0.29, 0.717) is 5.75 Å². The molecule has 0 bridgehead atoms. The summed E-state index contributed by atoms with van der Waals surface area (Å²) in [5, 5.41) is 9.41. The van der Waals surface area contributed by atoms with Gasteiger partial charge in [0.15, 0.2) is 0 Å². The van der Waals surface area contributed by atoms with Crippen molar-refractivity contribution in [1.82, 2.24) is 0 Å². The number of rotatable bonds is 3. The maximum Gasteiger partial charge on any atom is 0.115 e. The van der Waals surface area contributed by atoms with Crippen molar-refractivity contribution < 1.29 is 5.11 Å². The van der Waals surface area contributed by atoms with Crippen LogP contribution in [0.2, 0.25) is 0 Å². The summed E-state index contributed by atoms with van der Waals surface area (Å²) in [4.78, 5) is 0. The van der Waals surface area contributed by atoms with Crippen molar-refractivity contribution in [2.24, 2.45) is 17.8 Å². The first kappa shape index (κ1) is 14.9. The van der Waals surface area contributed by atoms with E-state index in [0.717, 1.165) is 23.7 Å². The van der Waals surface area contributed by atoms with Gasteiger partial charge in [-0.25, -0.2) is 0 Å². The maximum absolute atomic E-state index is 9.41. The molecule has 0 amide bonds. The first-order valence-corrected chi connectivity index (χ1v) is 9.05. The van der Waals surface area contributed by atoms with Crippen molar-refractivity contribution in [3.05, 3.63) is 29.8 Å². The minimum absolute atomic E-state index is 0.389. The molecule has 3 rings (SSSR count). The van der Waals surface area contributed by atoms with E-state index in [-0.39, 0.29) is 0 Å². The summed E-state index contributed by atoms with van der Waals surface area (Å²) < 4.78 is 0. The summed E-state index contributed by atoms with van der Waals surface area (Å²) in [7, 11) is 0. The Labute approximate surface area is 129 Å². The second kappa shape index (κ2) is 6.85. The van der Waals surface area contributed by atoms with Gasteiger partial charge < -0.3 is 5.11 Å². The Bertz CT molecular complexity index is 420. The monoisotopic (exact) mass is 286 g/mol. The van der Waals surface area contributed by atoms with Crippen LogP contribution in [0.5, 0.6) is 5.75 Å². The number of hydrogen-bond donors (Lipinski definition) is 1. The van der Waals surface area contributed by atoms with Gasteiger partial charge in [0.2, 0.25) is 0 Å². The summed E-state index contributed by atoms with van der Waals surface area (Å²) in [6, 6.07) is 7.92. The van der Waals surface area contributed by atoms with Crippen LogP contribution in [0.3, 0.4) is 0 Å². The number of phenols is 1. The number of aromatic hydroxyl groups is 1. The highest BCUT2D eigenvalue weighted by atomic mass is 16.3. The molecule has 116 valence electrons. The average Bonchev–Trinajstić information content (AvgIpc) is 2.56. The van der Waals surface area contributed by atoms with Crippen LogP contribution in [-0.4, -0.2) is 5.11 Å². The van der Waals surface area contributed by atoms with E-state index in [1.165, 1.54) is 63.4 Å². The molecule has 0 radical (unpaired) electrons. The topological polar surface area (TPSA) is 20.2 Å². The minimum Gasteiger partial charge on any atom is -0.508 e. The molecular weight excluding hydrogens is 256 g/mol. The van der Waals surface area contributed by atoms with Crippen molar-refractivity contribution in [2.75, 3.05) is 0 Å². The van der Waals surface area contributed by atoms with Crippen LogP contribution in [-0.2, 0) is 0 Å². The smallest absolute Gasteiger partial charge is 0.115 e. The van der Waals surface area contributed by atoms with E-state index in [1.807, 2.05) is 12.1 Å². The lowest BCUT2D eigenvalue weighted by Crippen LogP contribution is -2.25. The number of phenolic OH excluding ortho intramolecular Hbond substituents is 1. The molecule has 2 fully saturated rings. The largest absolute Gasteiger partial charge is 0.508 e. The summed E-state index contributed by atoms with van der Waals surface area (Å²) in [6.45, 7) is 2.36. The average molecular weight is 286 g/mol. The van der Waals surface area contributed by atoms with Crippen molar-refractivity contribution in [1.29, 1.82) is 0 Å². The third-order valence-corrected chi connectivity index (χ3v) is 6.27. The van der Waals surface area contributed by atoms with Crippen molar-refractivity contribution in [2.45, 2.75) is 70.6 Å². The summed E-state index contributed by atoms with van der Waals surface area (Å²) in [6.07, 6.45) is 12.9. The van der Waals surface area contributed by atoms with Crippen molar-refractivity contribution in [3.63, 3.8) is 0 Å². The first-order valence-electron chi connectivity index (χ1n) is 9.05. The normalized spacial score (nSPS) is 33.8. The lowest BCUT2D eigenvalue weighted by Gasteiger charge is -2.38. The predicted octanol–water partition coefficient (Wildman–Crippen LogP) is 5.88. The fraction of sp³-hybridized carbons (Fsp3) is 0.700. The first-order chi connectivity index (χ1) is 10.3. The molecule has 0 unspecified atom stereocenters. The highest BCUT2D eigenvalue weighted by Gasteiger charge is 2.30. The molecule has 1 aromatic carbocycles. The molecule has 0 spiro atoms. The van der Waals surface area contributed by atoms with Gasteiger partial charge in [-0.2, -0.15) is 0 Å². The van der Waals surface area contributed by atoms with E-state index in [1.54, 1.807) is 0 Å². The molecule has 0 saturated heterocycles. The van der Waals surface area contributed by atoms with Crippen LogP contribution in [0.4, 0.5) is 0 Å². The second-order valence-electron chi connectivity index (χ2n) is 7.39. The fourth-order valence-corrected chi connectivity index (χ4v) is 4.74. The Morgan fingerprint density at radius 3 is 1.86 bits per heavy atom.